The van der Waals surface area contributed by atoms with Gasteiger partial charge in [-0.3, -0.25) is 10.2 Å². The van der Waals surface area contributed by atoms with Crippen LogP contribution in [-0.4, -0.2) is 61.2 Å². The number of nitrogens with one attached hydrogen (secondary N) is 1. The monoisotopic (exact) mass is 294 g/mol. The Morgan fingerprint density at radius 1 is 1.43 bits per heavy atom. The van der Waals surface area contributed by atoms with Crippen molar-refractivity contribution < 1.29 is 0 Å². The van der Waals surface area contributed by atoms with Crippen LogP contribution < -0.4 is 5.32 Å². The molecule has 0 amide bonds. The van der Waals surface area contributed by atoms with Gasteiger partial charge >= 0.3 is 0 Å². The van der Waals surface area contributed by atoms with E-state index in [2.05, 4.69) is 56.1 Å². The standard InChI is InChI=1S/C17H34N4/c1-6-17(14-18,19-15(2)3)10-8-12-21-11-7-9-16(21)13-20(4)5/h15-16,19H,6-13H2,1-5H3. The molecule has 0 aromatic heterocycles. The van der Waals surface area contributed by atoms with Crippen LogP contribution in [0.25, 0.3) is 0 Å². The Morgan fingerprint density at radius 2 is 2.14 bits per heavy atom. The van der Waals surface area contributed by atoms with E-state index in [4.69, 9.17) is 0 Å². The molecule has 0 aromatic rings. The Kier molecular flexibility index (Phi) is 7.65. The first kappa shape index (κ1) is 18.4. The first-order valence-electron chi connectivity index (χ1n) is 8.50. The summed E-state index contributed by atoms with van der Waals surface area (Å²) in [6, 6.07) is 3.59. The van der Waals surface area contributed by atoms with Gasteiger partial charge in [-0.25, -0.2) is 0 Å². The molecule has 2 unspecified atom stereocenters. The van der Waals surface area contributed by atoms with Gasteiger partial charge in [0.25, 0.3) is 0 Å². The molecule has 1 saturated heterocycles. The van der Waals surface area contributed by atoms with Crippen molar-refractivity contribution in [1.82, 2.24) is 15.1 Å². The van der Waals surface area contributed by atoms with Crippen molar-refractivity contribution >= 4 is 0 Å². The summed E-state index contributed by atoms with van der Waals surface area (Å²) in [5, 5.41) is 13.0. The Hall–Kier alpha value is -0.630. The summed E-state index contributed by atoms with van der Waals surface area (Å²) in [6.07, 6.45) is 5.57. The van der Waals surface area contributed by atoms with Gasteiger partial charge in [-0.15, -0.1) is 0 Å². The number of likely N-dealkylation sites (tertiary alicyclic amines) is 1. The van der Waals surface area contributed by atoms with E-state index in [1.807, 2.05) is 0 Å². The van der Waals surface area contributed by atoms with E-state index in [1.165, 1.54) is 19.4 Å². The van der Waals surface area contributed by atoms with Crippen molar-refractivity contribution in [3.05, 3.63) is 0 Å². The van der Waals surface area contributed by atoms with Crippen LogP contribution in [0.3, 0.4) is 0 Å². The van der Waals surface area contributed by atoms with Gasteiger partial charge in [-0.1, -0.05) is 6.92 Å². The predicted molar refractivity (Wildman–Crippen MR) is 89.3 cm³/mol. The third-order valence-corrected chi connectivity index (χ3v) is 4.51. The lowest BCUT2D eigenvalue weighted by Gasteiger charge is -2.31. The molecule has 0 radical (unpaired) electrons. The number of rotatable bonds is 9. The summed E-state index contributed by atoms with van der Waals surface area (Å²) in [5.41, 5.74) is -0.342. The zero-order valence-corrected chi connectivity index (χ0v) is 14.7. The van der Waals surface area contributed by atoms with Crippen LogP contribution in [0.5, 0.6) is 0 Å². The van der Waals surface area contributed by atoms with Crippen molar-refractivity contribution in [1.29, 1.82) is 5.26 Å². The van der Waals surface area contributed by atoms with E-state index in [-0.39, 0.29) is 5.54 Å². The average molecular weight is 294 g/mol. The highest BCUT2D eigenvalue weighted by Crippen LogP contribution is 2.22. The summed E-state index contributed by atoms with van der Waals surface area (Å²) in [4.78, 5) is 4.90. The third-order valence-electron chi connectivity index (χ3n) is 4.51. The molecule has 1 rings (SSSR count). The van der Waals surface area contributed by atoms with Crippen LogP contribution in [0.4, 0.5) is 0 Å². The molecule has 1 aliphatic heterocycles. The minimum absolute atomic E-state index is 0.342. The molecule has 0 aromatic carbocycles. The zero-order chi connectivity index (χ0) is 15.9. The van der Waals surface area contributed by atoms with Gasteiger partial charge in [0.05, 0.1) is 6.07 Å². The highest BCUT2D eigenvalue weighted by atomic mass is 15.2. The fourth-order valence-corrected chi connectivity index (χ4v) is 3.47. The van der Waals surface area contributed by atoms with Crippen LogP contribution in [-0.2, 0) is 0 Å². The average Bonchev–Trinajstić information content (AvgIpc) is 2.83. The maximum Gasteiger partial charge on any atom is 0.106 e. The quantitative estimate of drug-likeness (QED) is 0.709. The lowest BCUT2D eigenvalue weighted by Crippen LogP contribution is -2.47. The molecule has 1 heterocycles. The van der Waals surface area contributed by atoms with E-state index < -0.39 is 0 Å². The van der Waals surface area contributed by atoms with Crippen LogP contribution in [0.1, 0.15) is 52.9 Å². The predicted octanol–water partition coefficient (Wildman–Crippen LogP) is 2.46. The topological polar surface area (TPSA) is 42.3 Å². The molecule has 0 saturated carbocycles. The van der Waals surface area contributed by atoms with E-state index in [0.29, 0.717) is 12.1 Å². The summed E-state index contributed by atoms with van der Waals surface area (Å²) < 4.78 is 0. The largest absolute Gasteiger partial charge is 0.308 e. The van der Waals surface area contributed by atoms with E-state index >= 15 is 0 Å². The maximum absolute atomic E-state index is 9.56. The number of hydrogen-bond donors (Lipinski definition) is 1. The zero-order valence-electron chi connectivity index (χ0n) is 14.7. The third kappa shape index (κ3) is 5.94. The van der Waals surface area contributed by atoms with E-state index in [0.717, 1.165) is 32.4 Å². The lowest BCUT2D eigenvalue weighted by atomic mass is 9.91. The fraction of sp³-hybridized carbons (Fsp3) is 0.941. The fourth-order valence-electron chi connectivity index (χ4n) is 3.47. The Bertz CT molecular complexity index is 334. The van der Waals surface area contributed by atoms with Gasteiger partial charge in [-0.2, -0.15) is 5.26 Å². The SMILES string of the molecule is CCC(C#N)(CCCN1CCCC1CN(C)C)NC(C)C. The van der Waals surface area contributed by atoms with Crippen molar-refractivity contribution in [3.63, 3.8) is 0 Å². The highest BCUT2D eigenvalue weighted by molar-refractivity contribution is 5.07. The van der Waals surface area contributed by atoms with Gasteiger partial charge < -0.3 is 4.90 Å². The minimum atomic E-state index is -0.342. The van der Waals surface area contributed by atoms with Crippen molar-refractivity contribution in [2.45, 2.75) is 70.5 Å². The Balaban J connectivity index is 2.45. The Labute approximate surface area is 131 Å². The number of nitriles is 1. The highest BCUT2D eigenvalue weighted by Gasteiger charge is 2.29. The summed E-state index contributed by atoms with van der Waals surface area (Å²) in [7, 11) is 4.31. The molecule has 0 spiro atoms. The van der Waals surface area contributed by atoms with Gasteiger partial charge in [0, 0.05) is 18.6 Å². The van der Waals surface area contributed by atoms with Gasteiger partial charge in [0.15, 0.2) is 0 Å². The first-order valence-corrected chi connectivity index (χ1v) is 8.50. The summed E-state index contributed by atoms with van der Waals surface area (Å²) >= 11 is 0. The molecule has 4 heteroatoms. The van der Waals surface area contributed by atoms with Crippen molar-refractivity contribution in [3.8, 4) is 6.07 Å². The summed E-state index contributed by atoms with van der Waals surface area (Å²) in [5.74, 6) is 0. The normalized spacial score (nSPS) is 22.7. The molecule has 1 aliphatic rings. The second kappa shape index (κ2) is 8.73. The Morgan fingerprint density at radius 3 is 2.67 bits per heavy atom. The molecular weight excluding hydrogens is 260 g/mol. The molecule has 0 bridgehead atoms. The van der Waals surface area contributed by atoms with Crippen molar-refractivity contribution in [2.24, 2.45) is 0 Å². The van der Waals surface area contributed by atoms with Gasteiger partial charge in [-0.05, 0) is 73.1 Å². The van der Waals surface area contributed by atoms with E-state index in [9.17, 15) is 5.26 Å². The first-order chi connectivity index (χ1) is 9.92. The van der Waals surface area contributed by atoms with E-state index in [1.54, 1.807) is 0 Å². The molecule has 122 valence electrons. The molecule has 2 atom stereocenters. The van der Waals surface area contributed by atoms with Crippen LogP contribution in [0.15, 0.2) is 0 Å². The number of hydrogen-bond acceptors (Lipinski definition) is 4. The van der Waals surface area contributed by atoms with Gasteiger partial charge in [0.2, 0.25) is 0 Å². The minimum Gasteiger partial charge on any atom is -0.308 e. The lowest BCUT2D eigenvalue weighted by molar-refractivity contribution is 0.197. The second-order valence-corrected chi connectivity index (χ2v) is 7.04. The van der Waals surface area contributed by atoms with Crippen LogP contribution >= 0.6 is 0 Å². The molecule has 0 aliphatic carbocycles. The molecule has 4 nitrogen and oxygen atoms in total. The van der Waals surface area contributed by atoms with Crippen molar-refractivity contribution in [2.75, 3.05) is 33.7 Å². The second-order valence-electron chi connectivity index (χ2n) is 7.04. The molecule has 1 fully saturated rings. The summed E-state index contributed by atoms with van der Waals surface area (Å²) in [6.45, 7) is 9.86. The molecular formula is C17H34N4. The molecule has 1 N–H and O–H groups in total. The smallest absolute Gasteiger partial charge is 0.106 e. The van der Waals surface area contributed by atoms with Gasteiger partial charge in [0.1, 0.15) is 5.54 Å². The maximum atomic E-state index is 9.56. The van der Waals surface area contributed by atoms with Crippen LogP contribution in [0, 0.1) is 11.3 Å². The molecule has 21 heavy (non-hydrogen) atoms. The number of nitrogens with zero attached hydrogens (tertiary/aromatic N) is 3. The number of likely N-dealkylation sites (N-methyl/N-ethyl adjacent to an activating group) is 1. The van der Waals surface area contributed by atoms with Crippen LogP contribution in [0.2, 0.25) is 0 Å².